The van der Waals surface area contributed by atoms with Crippen LogP contribution in [0.3, 0.4) is 0 Å². The number of carboxylic acids is 1. The molecular formula is C13H15NO3S2. The van der Waals surface area contributed by atoms with Gasteiger partial charge in [-0.05, 0) is 18.6 Å². The van der Waals surface area contributed by atoms with Crippen LogP contribution in [0, 0.1) is 6.92 Å². The number of thioether (sulfide) groups is 2. The van der Waals surface area contributed by atoms with E-state index >= 15 is 0 Å². The summed E-state index contributed by atoms with van der Waals surface area (Å²) in [7, 11) is 0. The first-order valence-corrected chi connectivity index (χ1v) is 8.02. The standard InChI is InChI=1S/C13H15NO3S2/c1-9-4-2-3-5-11(9)19-7-12(15)14-8-18-6-10(14)13(16)17/h2-5,10H,6-8H2,1H3,(H,16,17)/t10-/m0/s1. The van der Waals surface area contributed by atoms with Gasteiger partial charge < -0.3 is 10.0 Å². The van der Waals surface area contributed by atoms with Crippen LogP contribution < -0.4 is 0 Å². The van der Waals surface area contributed by atoms with E-state index in [0.29, 0.717) is 11.6 Å². The molecule has 1 atom stereocenters. The van der Waals surface area contributed by atoms with Gasteiger partial charge in [0.2, 0.25) is 5.91 Å². The molecule has 1 aromatic carbocycles. The summed E-state index contributed by atoms with van der Waals surface area (Å²) in [6, 6.07) is 7.19. The van der Waals surface area contributed by atoms with Crippen molar-refractivity contribution in [3.05, 3.63) is 29.8 Å². The summed E-state index contributed by atoms with van der Waals surface area (Å²) >= 11 is 2.95. The molecule has 1 aromatic rings. The Labute approximate surface area is 120 Å². The fourth-order valence-corrected chi connectivity index (χ4v) is 3.92. The lowest BCUT2D eigenvalue weighted by molar-refractivity contribution is -0.146. The van der Waals surface area contributed by atoms with Gasteiger partial charge in [0.05, 0.1) is 11.6 Å². The minimum absolute atomic E-state index is 0.106. The van der Waals surface area contributed by atoms with Crippen molar-refractivity contribution < 1.29 is 14.7 Å². The molecule has 0 unspecified atom stereocenters. The second kappa shape index (κ2) is 6.34. The number of rotatable bonds is 4. The Bertz CT molecular complexity index is 493. The molecule has 4 nitrogen and oxygen atoms in total. The number of carbonyl (C=O) groups excluding carboxylic acids is 1. The molecule has 19 heavy (non-hydrogen) atoms. The molecular weight excluding hydrogens is 282 g/mol. The predicted molar refractivity (Wildman–Crippen MR) is 77.5 cm³/mol. The molecule has 1 aliphatic rings. The number of benzene rings is 1. The van der Waals surface area contributed by atoms with Crippen LogP contribution in [0.2, 0.25) is 0 Å². The highest BCUT2D eigenvalue weighted by Gasteiger charge is 2.34. The fraction of sp³-hybridized carbons (Fsp3) is 0.385. The van der Waals surface area contributed by atoms with Crippen LogP contribution in [0.1, 0.15) is 5.56 Å². The largest absolute Gasteiger partial charge is 0.480 e. The zero-order valence-electron chi connectivity index (χ0n) is 10.5. The smallest absolute Gasteiger partial charge is 0.327 e. The third-order valence-electron chi connectivity index (χ3n) is 2.93. The average molecular weight is 297 g/mol. The van der Waals surface area contributed by atoms with Gasteiger partial charge in [0.25, 0.3) is 0 Å². The number of carbonyl (C=O) groups is 2. The summed E-state index contributed by atoms with van der Waals surface area (Å²) in [5, 5.41) is 9.05. The monoisotopic (exact) mass is 297 g/mol. The molecule has 1 aliphatic heterocycles. The Hall–Kier alpha value is -1.14. The molecule has 0 aromatic heterocycles. The van der Waals surface area contributed by atoms with Crippen molar-refractivity contribution in [2.45, 2.75) is 17.9 Å². The van der Waals surface area contributed by atoms with Crippen LogP contribution in [-0.2, 0) is 9.59 Å². The highest BCUT2D eigenvalue weighted by atomic mass is 32.2. The molecule has 1 heterocycles. The van der Waals surface area contributed by atoms with Gasteiger partial charge in [0, 0.05) is 10.6 Å². The predicted octanol–water partition coefficient (Wildman–Crippen LogP) is 2.07. The minimum Gasteiger partial charge on any atom is -0.480 e. The highest BCUT2D eigenvalue weighted by molar-refractivity contribution is 8.00. The average Bonchev–Trinajstić information content (AvgIpc) is 2.87. The van der Waals surface area contributed by atoms with Crippen LogP contribution in [0.15, 0.2) is 29.2 Å². The first-order chi connectivity index (χ1) is 9.09. The summed E-state index contributed by atoms with van der Waals surface area (Å²) in [4.78, 5) is 25.6. The van der Waals surface area contributed by atoms with E-state index in [0.717, 1.165) is 10.5 Å². The SMILES string of the molecule is Cc1ccccc1SCC(=O)N1CSC[C@H]1C(=O)O. The van der Waals surface area contributed by atoms with Gasteiger partial charge in [-0.3, -0.25) is 4.79 Å². The van der Waals surface area contributed by atoms with E-state index in [4.69, 9.17) is 5.11 Å². The molecule has 2 rings (SSSR count). The Balaban J connectivity index is 1.95. The molecule has 1 fully saturated rings. The molecule has 0 spiro atoms. The van der Waals surface area contributed by atoms with Crippen molar-refractivity contribution >= 4 is 35.4 Å². The van der Waals surface area contributed by atoms with Gasteiger partial charge in [-0.15, -0.1) is 23.5 Å². The topological polar surface area (TPSA) is 57.6 Å². The van der Waals surface area contributed by atoms with Gasteiger partial charge in [-0.2, -0.15) is 0 Å². The molecule has 0 saturated carbocycles. The van der Waals surface area contributed by atoms with Crippen molar-refractivity contribution in [3.8, 4) is 0 Å². The number of hydrogen-bond donors (Lipinski definition) is 1. The van der Waals surface area contributed by atoms with Crippen molar-refractivity contribution in [2.75, 3.05) is 17.4 Å². The first kappa shape index (κ1) is 14.3. The van der Waals surface area contributed by atoms with Crippen LogP contribution in [0.25, 0.3) is 0 Å². The number of nitrogens with zero attached hydrogens (tertiary/aromatic N) is 1. The van der Waals surface area contributed by atoms with E-state index in [1.165, 1.54) is 28.4 Å². The zero-order chi connectivity index (χ0) is 13.8. The number of aliphatic carboxylic acids is 1. The maximum Gasteiger partial charge on any atom is 0.327 e. The van der Waals surface area contributed by atoms with Crippen LogP contribution >= 0.6 is 23.5 Å². The lowest BCUT2D eigenvalue weighted by atomic mass is 10.2. The summed E-state index contributed by atoms with van der Waals surface area (Å²) in [5.41, 5.74) is 1.13. The molecule has 0 aliphatic carbocycles. The Morgan fingerprint density at radius 2 is 2.21 bits per heavy atom. The molecule has 102 valence electrons. The maximum absolute atomic E-state index is 12.1. The van der Waals surface area contributed by atoms with E-state index in [9.17, 15) is 9.59 Å². The van der Waals surface area contributed by atoms with Crippen LogP contribution in [0.5, 0.6) is 0 Å². The lowest BCUT2D eigenvalue weighted by Crippen LogP contribution is -2.42. The van der Waals surface area contributed by atoms with E-state index in [1.807, 2.05) is 31.2 Å². The third kappa shape index (κ3) is 3.45. The molecule has 1 saturated heterocycles. The summed E-state index contributed by atoms with van der Waals surface area (Å²) < 4.78 is 0. The van der Waals surface area contributed by atoms with Crippen molar-refractivity contribution in [1.29, 1.82) is 0 Å². The van der Waals surface area contributed by atoms with E-state index in [1.54, 1.807) is 0 Å². The first-order valence-electron chi connectivity index (χ1n) is 5.88. The van der Waals surface area contributed by atoms with Gasteiger partial charge in [0.1, 0.15) is 6.04 Å². The summed E-state index contributed by atoms with van der Waals surface area (Å²) in [5.74, 6) is 0.222. The maximum atomic E-state index is 12.1. The number of aryl methyl sites for hydroxylation is 1. The Morgan fingerprint density at radius 3 is 2.89 bits per heavy atom. The normalized spacial score (nSPS) is 18.6. The minimum atomic E-state index is -0.917. The van der Waals surface area contributed by atoms with E-state index in [-0.39, 0.29) is 11.7 Å². The second-order valence-electron chi connectivity index (χ2n) is 4.27. The van der Waals surface area contributed by atoms with Crippen LogP contribution in [-0.4, -0.2) is 45.3 Å². The van der Waals surface area contributed by atoms with E-state index < -0.39 is 12.0 Å². The van der Waals surface area contributed by atoms with Gasteiger partial charge >= 0.3 is 5.97 Å². The number of amides is 1. The van der Waals surface area contributed by atoms with Gasteiger partial charge in [-0.25, -0.2) is 4.79 Å². The lowest BCUT2D eigenvalue weighted by Gasteiger charge is -2.20. The summed E-state index contributed by atoms with van der Waals surface area (Å²) in [6.07, 6.45) is 0. The highest BCUT2D eigenvalue weighted by Crippen LogP contribution is 2.25. The quantitative estimate of drug-likeness (QED) is 0.862. The second-order valence-corrected chi connectivity index (χ2v) is 6.29. The van der Waals surface area contributed by atoms with Crippen molar-refractivity contribution in [1.82, 2.24) is 4.90 Å². The van der Waals surface area contributed by atoms with Crippen molar-refractivity contribution in [3.63, 3.8) is 0 Å². The fourth-order valence-electron chi connectivity index (χ4n) is 1.83. The van der Waals surface area contributed by atoms with E-state index in [2.05, 4.69) is 0 Å². The zero-order valence-corrected chi connectivity index (χ0v) is 12.2. The van der Waals surface area contributed by atoms with Gasteiger partial charge in [-0.1, -0.05) is 18.2 Å². The molecule has 0 bridgehead atoms. The Kier molecular flexibility index (Phi) is 4.76. The molecule has 1 N–H and O–H groups in total. The molecule has 1 amide bonds. The third-order valence-corrected chi connectivity index (χ3v) is 5.10. The Morgan fingerprint density at radius 1 is 1.47 bits per heavy atom. The van der Waals surface area contributed by atoms with Crippen LogP contribution in [0.4, 0.5) is 0 Å². The van der Waals surface area contributed by atoms with Gasteiger partial charge in [0.15, 0.2) is 0 Å². The van der Waals surface area contributed by atoms with Crippen molar-refractivity contribution in [2.24, 2.45) is 0 Å². The molecule has 0 radical (unpaired) electrons. The molecule has 6 heteroatoms. The number of carboxylic acid groups (broad SMARTS) is 1. The number of hydrogen-bond acceptors (Lipinski definition) is 4. The summed E-state index contributed by atoms with van der Waals surface area (Å²) in [6.45, 7) is 2.00.